The molecular formula is C10H16N4. The molecule has 1 aromatic heterocycles. The van der Waals surface area contributed by atoms with Crippen LogP contribution in [0, 0.1) is 6.92 Å². The van der Waals surface area contributed by atoms with E-state index in [0.29, 0.717) is 5.82 Å². The van der Waals surface area contributed by atoms with Crippen molar-refractivity contribution in [3.63, 3.8) is 0 Å². The number of nitrogens with two attached hydrogens (primary N) is 1. The van der Waals surface area contributed by atoms with Crippen molar-refractivity contribution in [3.8, 4) is 0 Å². The van der Waals surface area contributed by atoms with Crippen LogP contribution >= 0.6 is 0 Å². The van der Waals surface area contributed by atoms with E-state index in [0.717, 1.165) is 24.5 Å². The van der Waals surface area contributed by atoms with Crippen molar-refractivity contribution in [1.29, 1.82) is 0 Å². The number of aromatic nitrogens is 2. The van der Waals surface area contributed by atoms with Gasteiger partial charge >= 0.3 is 0 Å². The molecule has 0 spiro atoms. The van der Waals surface area contributed by atoms with Crippen LogP contribution in [0.4, 0.5) is 11.5 Å². The molecule has 0 amide bonds. The van der Waals surface area contributed by atoms with Gasteiger partial charge in [-0.15, -0.1) is 5.10 Å². The van der Waals surface area contributed by atoms with Gasteiger partial charge in [0.15, 0.2) is 5.82 Å². The third kappa shape index (κ3) is 1.78. The van der Waals surface area contributed by atoms with Gasteiger partial charge in [0, 0.05) is 13.1 Å². The molecule has 14 heavy (non-hydrogen) atoms. The second-order valence-electron chi connectivity index (χ2n) is 3.80. The fourth-order valence-corrected chi connectivity index (χ4v) is 1.87. The fraction of sp³-hybridized carbons (Fsp3) is 0.600. The van der Waals surface area contributed by atoms with Gasteiger partial charge in [-0.05, 0) is 32.3 Å². The zero-order valence-corrected chi connectivity index (χ0v) is 8.53. The van der Waals surface area contributed by atoms with Gasteiger partial charge in [-0.2, -0.15) is 5.10 Å². The Labute approximate surface area is 84.1 Å². The molecule has 2 rings (SSSR count). The SMILES string of the molecule is Cc1cc(N2CCCCC2)c(N)nn1. The van der Waals surface area contributed by atoms with Gasteiger partial charge in [-0.3, -0.25) is 0 Å². The van der Waals surface area contributed by atoms with Crippen LogP contribution < -0.4 is 10.6 Å². The van der Waals surface area contributed by atoms with Crippen molar-refractivity contribution in [2.45, 2.75) is 26.2 Å². The third-order valence-corrected chi connectivity index (χ3v) is 2.62. The number of rotatable bonds is 1. The molecule has 1 fully saturated rings. The molecule has 0 saturated carbocycles. The smallest absolute Gasteiger partial charge is 0.169 e. The predicted molar refractivity (Wildman–Crippen MR) is 57.2 cm³/mol. The van der Waals surface area contributed by atoms with E-state index in [2.05, 4.69) is 15.1 Å². The Bertz CT molecular complexity index is 318. The van der Waals surface area contributed by atoms with Crippen LogP contribution in [0.15, 0.2) is 6.07 Å². The normalized spacial score (nSPS) is 17.1. The number of aryl methyl sites for hydroxylation is 1. The van der Waals surface area contributed by atoms with E-state index in [-0.39, 0.29) is 0 Å². The van der Waals surface area contributed by atoms with Gasteiger partial charge in [0.1, 0.15) is 0 Å². The molecule has 2 heterocycles. The van der Waals surface area contributed by atoms with E-state index < -0.39 is 0 Å². The van der Waals surface area contributed by atoms with Crippen molar-refractivity contribution >= 4 is 11.5 Å². The standard InChI is InChI=1S/C10H16N4/c1-8-7-9(10(11)13-12-8)14-5-3-2-4-6-14/h7H,2-6H2,1H3,(H2,11,13). The van der Waals surface area contributed by atoms with E-state index in [1.54, 1.807) is 0 Å². The summed E-state index contributed by atoms with van der Waals surface area (Å²) in [5.74, 6) is 0.553. The molecule has 0 unspecified atom stereocenters. The summed E-state index contributed by atoms with van der Waals surface area (Å²) >= 11 is 0. The molecule has 1 saturated heterocycles. The molecule has 0 bridgehead atoms. The van der Waals surface area contributed by atoms with Gasteiger partial charge in [0.05, 0.1) is 11.4 Å². The van der Waals surface area contributed by atoms with Gasteiger partial charge < -0.3 is 10.6 Å². The quantitative estimate of drug-likeness (QED) is 0.730. The largest absolute Gasteiger partial charge is 0.380 e. The van der Waals surface area contributed by atoms with Crippen LogP contribution in [-0.4, -0.2) is 23.3 Å². The average Bonchev–Trinajstić information content (AvgIpc) is 2.23. The zero-order valence-electron chi connectivity index (χ0n) is 8.53. The topological polar surface area (TPSA) is 55.0 Å². The van der Waals surface area contributed by atoms with Gasteiger partial charge in [-0.25, -0.2) is 0 Å². The van der Waals surface area contributed by atoms with Crippen molar-refractivity contribution < 1.29 is 0 Å². The molecule has 0 radical (unpaired) electrons. The lowest BCUT2D eigenvalue weighted by atomic mass is 10.1. The van der Waals surface area contributed by atoms with Gasteiger partial charge in [-0.1, -0.05) is 0 Å². The van der Waals surface area contributed by atoms with E-state index in [1.807, 2.05) is 13.0 Å². The van der Waals surface area contributed by atoms with Crippen LogP contribution in [0.5, 0.6) is 0 Å². The molecule has 1 aliphatic heterocycles. The monoisotopic (exact) mass is 192 g/mol. The van der Waals surface area contributed by atoms with Crippen LogP contribution in [0.3, 0.4) is 0 Å². The summed E-state index contributed by atoms with van der Waals surface area (Å²) in [5.41, 5.74) is 7.79. The highest BCUT2D eigenvalue weighted by Gasteiger charge is 2.14. The van der Waals surface area contributed by atoms with Gasteiger partial charge in [0.25, 0.3) is 0 Å². The molecule has 0 aliphatic carbocycles. The Morgan fingerprint density at radius 3 is 2.64 bits per heavy atom. The van der Waals surface area contributed by atoms with Crippen LogP contribution in [0.25, 0.3) is 0 Å². The molecule has 2 N–H and O–H groups in total. The molecule has 4 nitrogen and oxygen atoms in total. The highest BCUT2D eigenvalue weighted by atomic mass is 15.2. The minimum atomic E-state index is 0.553. The van der Waals surface area contributed by atoms with Crippen LogP contribution in [-0.2, 0) is 0 Å². The number of hydrogen-bond acceptors (Lipinski definition) is 4. The second kappa shape index (κ2) is 3.82. The Hall–Kier alpha value is -1.32. The molecule has 4 heteroatoms. The lowest BCUT2D eigenvalue weighted by Crippen LogP contribution is -2.30. The first-order chi connectivity index (χ1) is 6.77. The molecule has 0 atom stereocenters. The summed E-state index contributed by atoms with van der Waals surface area (Å²) in [4.78, 5) is 2.31. The number of nitrogens with zero attached hydrogens (tertiary/aromatic N) is 3. The Balaban J connectivity index is 2.24. The van der Waals surface area contributed by atoms with Crippen molar-refractivity contribution in [2.75, 3.05) is 23.7 Å². The molecule has 1 aliphatic rings. The highest BCUT2D eigenvalue weighted by Crippen LogP contribution is 2.24. The summed E-state index contributed by atoms with van der Waals surface area (Å²) in [5, 5.41) is 7.87. The maximum Gasteiger partial charge on any atom is 0.169 e. The summed E-state index contributed by atoms with van der Waals surface area (Å²) in [6.07, 6.45) is 3.83. The third-order valence-electron chi connectivity index (χ3n) is 2.62. The lowest BCUT2D eigenvalue weighted by Gasteiger charge is -2.29. The second-order valence-corrected chi connectivity index (χ2v) is 3.80. The average molecular weight is 192 g/mol. The predicted octanol–water partition coefficient (Wildman–Crippen LogP) is 1.36. The van der Waals surface area contributed by atoms with Crippen molar-refractivity contribution in [3.05, 3.63) is 11.8 Å². The van der Waals surface area contributed by atoms with Crippen molar-refractivity contribution in [1.82, 2.24) is 10.2 Å². The fourth-order valence-electron chi connectivity index (χ4n) is 1.87. The first kappa shape index (κ1) is 9.24. The van der Waals surface area contributed by atoms with E-state index in [1.165, 1.54) is 19.3 Å². The van der Waals surface area contributed by atoms with Crippen LogP contribution in [0.1, 0.15) is 25.0 Å². The number of anilines is 2. The van der Waals surface area contributed by atoms with Gasteiger partial charge in [0.2, 0.25) is 0 Å². The molecular weight excluding hydrogens is 176 g/mol. The van der Waals surface area contributed by atoms with Crippen LogP contribution in [0.2, 0.25) is 0 Å². The molecule has 76 valence electrons. The first-order valence-corrected chi connectivity index (χ1v) is 5.12. The van der Waals surface area contributed by atoms with Crippen molar-refractivity contribution in [2.24, 2.45) is 0 Å². The summed E-state index contributed by atoms with van der Waals surface area (Å²) < 4.78 is 0. The molecule has 1 aromatic rings. The highest BCUT2D eigenvalue weighted by molar-refractivity contribution is 5.63. The molecule has 0 aromatic carbocycles. The number of piperidine rings is 1. The number of nitrogen functional groups attached to an aromatic ring is 1. The summed E-state index contributed by atoms with van der Waals surface area (Å²) in [6.45, 7) is 4.13. The Morgan fingerprint density at radius 2 is 1.93 bits per heavy atom. The van der Waals surface area contributed by atoms with E-state index >= 15 is 0 Å². The summed E-state index contributed by atoms with van der Waals surface area (Å²) in [6, 6.07) is 2.02. The maximum absolute atomic E-state index is 5.81. The summed E-state index contributed by atoms with van der Waals surface area (Å²) in [7, 11) is 0. The minimum absolute atomic E-state index is 0.553. The Morgan fingerprint density at radius 1 is 1.21 bits per heavy atom. The lowest BCUT2D eigenvalue weighted by molar-refractivity contribution is 0.577. The Kier molecular flexibility index (Phi) is 2.52. The number of hydrogen-bond donors (Lipinski definition) is 1. The minimum Gasteiger partial charge on any atom is -0.380 e. The maximum atomic E-state index is 5.81. The van der Waals surface area contributed by atoms with E-state index in [9.17, 15) is 0 Å². The van der Waals surface area contributed by atoms with E-state index in [4.69, 9.17) is 5.73 Å². The zero-order chi connectivity index (χ0) is 9.97. The first-order valence-electron chi connectivity index (χ1n) is 5.12.